The first-order chi connectivity index (χ1) is 13.4. The Labute approximate surface area is 167 Å². The van der Waals surface area contributed by atoms with Gasteiger partial charge in [-0.3, -0.25) is 14.5 Å². The first-order valence-corrected chi connectivity index (χ1v) is 10.5. The van der Waals surface area contributed by atoms with Crippen LogP contribution < -0.4 is 5.32 Å². The average Bonchev–Trinajstić information content (AvgIpc) is 2.66. The molecule has 0 aromatic heterocycles. The Morgan fingerprint density at radius 2 is 1.86 bits per heavy atom. The minimum absolute atomic E-state index is 0.0218. The van der Waals surface area contributed by atoms with E-state index >= 15 is 0 Å². The molecule has 0 saturated carbocycles. The van der Waals surface area contributed by atoms with Crippen LogP contribution in [-0.2, 0) is 16.0 Å². The first kappa shape index (κ1) is 20.8. The van der Waals surface area contributed by atoms with Crippen molar-refractivity contribution in [3.05, 3.63) is 35.6 Å². The van der Waals surface area contributed by atoms with Crippen LogP contribution in [0.5, 0.6) is 0 Å². The molecule has 0 spiro atoms. The van der Waals surface area contributed by atoms with Gasteiger partial charge in [0.2, 0.25) is 11.8 Å². The lowest BCUT2D eigenvalue weighted by Gasteiger charge is -2.38. The van der Waals surface area contributed by atoms with E-state index in [0.29, 0.717) is 18.4 Å². The first-order valence-electron chi connectivity index (χ1n) is 10.5. The van der Waals surface area contributed by atoms with Crippen LogP contribution in [-0.4, -0.2) is 60.4 Å². The summed E-state index contributed by atoms with van der Waals surface area (Å²) in [7, 11) is 0. The third-order valence-corrected chi connectivity index (χ3v) is 5.81. The summed E-state index contributed by atoms with van der Waals surface area (Å²) in [6.45, 7) is 8.05. The fourth-order valence-electron chi connectivity index (χ4n) is 4.31. The van der Waals surface area contributed by atoms with E-state index in [-0.39, 0.29) is 30.1 Å². The monoisotopic (exact) mass is 389 g/mol. The zero-order chi connectivity index (χ0) is 20.1. The van der Waals surface area contributed by atoms with E-state index in [0.717, 1.165) is 51.0 Å². The van der Waals surface area contributed by atoms with Crippen LogP contribution in [0.1, 0.15) is 38.7 Å². The van der Waals surface area contributed by atoms with Crippen LogP contribution in [0.15, 0.2) is 24.3 Å². The van der Waals surface area contributed by atoms with Crippen molar-refractivity contribution in [1.29, 1.82) is 0 Å². The number of carbonyl (C=O) groups is 2. The predicted octanol–water partition coefficient (Wildman–Crippen LogP) is 2.45. The minimum Gasteiger partial charge on any atom is -0.353 e. The predicted molar refractivity (Wildman–Crippen MR) is 107 cm³/mol. The van der Waals surface area contributed by atoms with Gasteiger partial charge in [-0.2, -0.15) is 0 Å². The normalized spacial score (nSPS) is 21.8. The van der Waals surface area contributed by atoms with Crippen molar-refractivity contribution in [2.24, 2.45) is 11.8 Å². The summed E-state index contributed by atoms with van der Waals surface area (Å²) >= 11 is 0. The Kier molecular flexibility index (Phi) is 7.05. The molecule has 2 aliphatic heterocycles. The fourth-order valence-corrected chi connectivity index (χ4v) is 4.31. The Hall–Kier alpha value is -1.95. The summed E-state index contributed by atoms with van der Waals surface area (Å²) in [5.74, 6) is 0.834. The molecule has 28 heavy (non-hydrogen) atoms. The quantitative estimate of drug-likeness (QED) is 0.813. The van der Waals surface area contributed by atoms with Crippen LogP contribution >= 0.6 is 0 Å². The van der Waals surface area contributed by atoms with Gasteiger partial charge in [0.15, 0.2) is 0 Å². The maximum Gasteiger partial charge on any atom is 0.237 e. The Bertz CT molecular complexity index is 669. The molecule has 0 radical (unpaired) electrons. The van der Waals surface area contributed by atoms with Gasteiger partial charge in [0.25, 0.3) is 0 Å². The molecule has 2 fully saturated rings. The van der Waals surface area contributed by atoms with E-state index in [2.05, 4.69) is 24.1 Å². The van der Waals surface area contributed by atoms with E-state index in [1.807, 2.05) is 17.0 Å². The number of halogens is 1. The number of likely N-dealkylation sites (tertiary alicyclic amines) is 1. The van der Waals surface area contributed by atoms with Crippen molar-refractivity contribution in [3.63, 3.8) is 0 Å². The largest absolute Gasteiger partial charge is 0.353 e. The van der Waals surface area contributed by atoms with E-state index in [1.54, 1.807) is 0 Å². The molecule has 0 unspecified atom stereocenters. The van der Waals surface area contributed by atoms with E-state index < -0.39 is 0 Å². The van der Waals surface area contributed by atoms with Gasteiger partial charge < -0.3 is 10.2 Å². The summed E-state index contributed by atoms with van der Waals surface area (Å²) in [5.41, 5.74) is 1.15. The second-order valence-electron chi connectivity index (χ2n) is 8.55. The smallest absolute Gasteiger partial charge is 0.237 e. The number of hydrogen-bond donors (Lipinski definition) is 1. The van der Waals surface area contributed by atoms with Crippen molar-refractivity contribution >= 4 is 11.8 Å². The molecule has 2 aliphatic rings. The third-order valence-electron chi connectivity index (χ3n) is 5.81. The van der Waals surface area contributed by atoms with Gasteiger partial charge in [0.05, 0.1) is 12.5 Å². The molecular formula is C22H32FN3O2. The summed E-state index contributed by atoms with van der Waals surface area (Å²) in [4.78, 5) is 29.2. The maximum absolute atomic E-state index is 13.0. The zero-order valence-electron chi connectivity index (χ0n) is 17.0. The zero-order valence-corrected chi connectivity index (χ0v) is 17.0. The number of rotatable bonds is 6. The molecule has 2 heterocycles. The number of piperazine rings is 1. The van der Waals surface area contributed by atoms with Gasteiger partial charge >= 0.3 is 0 Å². The van der Waals surface area contributed by atoms with Crippen molar-refractivity contribution in [2.75, 3.05) is 32.7 Å². The summed E-state index contributed by atoms with van der Waals surface area (Å²) in [5, 5.41) is 2.90. The molecule has 1 aromatic carbocycles. The Morgan fingerprint density at radius 3 is 2.50 bits per heavy atom. The van der Waals surface area contributed by atoms with Gasteiger partial charge in [-0.05, 0) is 48.8 Å². The van der Waals surface area contributed by atoms with Crippen LogP contribution in [0.25, 0.3) is 0 Å². The molecule has 1 atom stereocenters. The Morgan fingerprint density at radius 1 is 1.18 bits per heavy atom. The van der Waals surface area contributed by atoms with Gasteiger partial charge in [-0.1, -0.05) is 26.0 Å². The Balaban J connectivity index is 1.50. The van der Waals surface area contributed by atoms with Gasteiger partial charge in [0.1, 0.15) is 5.82 Å². The molecule has 3 rings (SSSR count). The van der Waals surface area contributed by atoms with E-state index in [1.165, 1.54) is 12.1 Å². The minimum atomic E-state index is -0.347. The molecular weight excluding hydrogens is 357 g/mol. The molecule has 6 heteroatoms. The molecule has 5 nitrogen and oxygen atoms in total. The molecule has 0 aliphatic carbocycles. The highest BCUT2D eigenvalue weighted by atomic mass is 19.1. The topological polar surface area (TPSA) is 52.7 Å². The highest BCUT2D eigenvalue weighted by Crippen LogP contribution is 2.23. The second-order valence-corrected chi connectivity index (χ2v) is 8.55. The van der Waals surface area contributed by atoms with Crippen LogP contribution in [0, 0.1) is 17.7 Å². The molecule has 1 N–H and O–H groups in total. The highest BCUT2D eigenvalue weighted by Gasteiger charge is 2.34. The second kappa shape index (κ2) is 9.50. The van der Waals surface area contributed by atoms with Gasteiger partial charge in [-0.15, -0.1) is 0 Å². The van der Waals surface area contributed by atoms with Gasteiger partial charge in [-0.25, -0.2) is 4.39 Å². The van der Waals surface area contributed by atoms with Crippen LogP contribution in [0.4, 0.5) is 4.39 Å². The number of benzene rings is 1. The lowest BCUT2D eigenvalue weighted by Crippen LogP contribution is -2.57. The van der Waals surface area contributed by atoms with E-state index in [9.17, 15) is 14.0 Å². The van der Waals surface area contributed by atoms with Crippen LogP contribution in [0.3, 0.4) is 0 Å². The lowest BCUT2D eigenvalue weighted by molar-refractivity contribution is -0.140. The SMILES string of the molecule is CC(C)CN1CCNC(=O)[C@@H]1CC(=O)N1CCC(Cc2ccc(F)cc2)CC1. The molecule has 0 bridgehead atoms. The molecule has 2 saturated heterocycles. The fraction of sp³-hybridized carbons (Fsp3) is 0.636. The van der Waals surface area contributed by atoms with Gasteiger partial charge in [0, 0.05) is 32.7 Å². The molecule has 154 valence electrons. The van der Waals surface area contributed by atoms with E-state index in [4.69, 9.17) is 0 Å². The summed E-state index contributed by atoms with van der Waals surface area (Å²) < 4.78 is 13.0. The highest BCUT2D eigenvalue weighted by molar-refractivity contribution is 5.88. The number of carbonyl (C=O) groups excluding carboxylic acids is 2. The summed E-state index contributed by atoms with van der Waals surface area (Å²) in [6.07, 6.45) is 3.10. The lowest BCUT2D eigenvalue weighted by atomic mass is 9.90. The standard InChI is InChI=1S/C22H32FN3O2/c1-16(2)15-26-12-9-24-22(28)20(26)14-21(27)25-10-7-18(8-11-25)13-17-3-5-19(23)6-4-17/h3-6,16,18,20H,7-15H2,1-2H3,(H,24,28)/t20-/m0/s1. The number of nitrogens with one attached hydrogen (secondary N) is 1. The van der Waals surface area contributed by atoms with Crippen LogP contribution in [0.2, 0.25) is 0 Å². The van der Waals surface area contributed by atoms with Crippen molar-refractivity contribution < 1.29 is 14.0 Å². The third kappa shape index (κ3) is 5.53. The number of nitrogens with zero attached hydrogens (tertiary/aromatic N) is 2. The van der Waals surface area contributed by atoms with Crippen molar-refractivity contribution in [2.45, 2.75) is 45.6 Å². The number of piperidine rings is 1. The van der Waals surface area contributed by atoms with Crippen molar-refractivity contribution in [1.82, 2.24) is 15.1 Å². The number of hydrogen-bond acceptors (Lipinski definition) is 3. The summed E-state index contributed by atoms with van der Waals surface area (Å²) in [6, 6.07) is 6.36. The average molecular weight is 390 g/mol. The molecule has 1 aromatic rings. The molecule has 2 amide bonds. The van der Waals surface area contributed by atoms with Crippen molar-refractivity contribution in [3.8, 4) is 0 Å². The number of amides is 2. The maximum atomic E-state index is 13.0.